The maximum Gasteiger partial charge on any atom is 0.264 e. The molecule has 0 saturated carbocycles. The molecule has 39 heavy (non-hydrogen) atoms. The molecule has 0 aromatic heterocycles. The molecular formula is C29H33Cl2N3O4S. The SMILES string of the molecule is CC[C@@H](C)NC(=O)[C@H](CC)N(Cc1ccc(Cl)cc1)C(=O)CN(c1ccc(Cl)cc1)S(=O)(=O)c1ccccc1. The number of carbonyl (C=O) groups is 2. The zero-order chi connectivity index (χ0) is 28.6. The Labute approximate surface area is 240 Å². The fourth-order valence-electron chi connectivity index (χ4n) is 4.00. The van der Waals surface area contributed by atoms with Crippen molar-refractivity contribution < 1.29 is 18.0 Å². The van der Waals surface area contributed by atoms with Crippen molar-refractivity contribution in [1.82, 2.24) is 10.2 Å². The minimum absolute atomic E-state index is 0.0403. The van der Waals surface area contributed by atoms with Gasteiger partial charge in [0, 0.05) is 22.6 Å². The van der Waals surface area contributed by atoms with Crippen molar-refractivity contribution >= 4 is 50.7 Å². The van der Waals surface area contributed by atoms with Crippen LogP contribution >= 0.6 is 23.2 Å². The van der Waals surface area contributed by atoms with E-state index in [1.54, 1.807) is 66.7 Å². The molecule has 0 spiro atoms. The summed E-state index contributed by atoms with van der Waals surface area (Å²) in [5.74, 6) is -0.816. The van der Waals surface area contributed by atoms with Crippen LogP contribution in [0.3, 0.4) is 0 Å². The highest BCUT2D eigenvalue weighted by molar-refractivity contribution is 7.92. The van der Waals surface area contributed by atoms with E-state index >= 15 is 0 Å². The highest BCUT2D eigenvalue weighted by Crippen LogP contribution is 2.26. The van der Waals surface area contributed by atoms with Gasteiger partial charge >= 0.3 is 0 Å². The smallest absolute Gasteiger partial charge is 0.264 e. The van der Waals surface area contributed by atoms with Gasteiger partial charge in [-0.05, 0) is 73.9 Å². The van der Waals surface area contributed by atoms with E-state index in [-0.39, 0.29) is 29.1 Å². The van der Waals surface area contributed by atoms with Gasteiger partial charge in [0.25, 0.3) is 10.0 Å². The van der Waals surface area contributed by atoms with E-state index in [1.807, 2.05) is 20.8 Å². The number of benzene rings is 3. The molecule has 1 N–H and O–H groups in total. The summed E-state index contributed by atoms with van der Waals surface area (Å²) in [5, 5.41) is 3.93. The first kappa shape index (κ1) is 30.5. The van der Waals surface area contributed by atoms with Crippen molar-refractivity contribution in [2.45, 2.75) is 57.1 Å². The topological polar surface area (TPSA) is 86.8 Å². The predicted molar refractivity (Wildman–Crippen MR) is 156 cm³/mol. The molecule has 0 bridgehead atoms. The maximum atomic E-state index is 14.0. The third kappa shape index (κ3) is 7.97. The number of carbonyl (C=O) groups excluding carboxylic acids is 2. The molecule has 2 amide bonds. The fourth-order valence-corrected chi connectivity index (χ4v) is 5.69. The molecule has 0 radical (unpaired) electrons. The molecule has 0 aliphatic rings. The minimum atomic E-state index is -4.12. The Morgan fingerprint density at radius 1 is 0.846 bits per heavy atom. The monoisotopic (exact) mass is 589 g/mol. The second-order valence-electron chi connectivity index (χ2n) is 9.19. The summed E-state index contributed by atoms with van der Waals surface area (Å²) in [6.45, 7) is 5.26. The van der Waals surface area contributed by atoms with Crippen molar-refractivity contribution in [1.29, 1.82) is 0 Å². The number of rotatable bonds is 12. The molecular weight excluding hydrogens is 557 g/mol. The van der Waals surface area contributed by atoms with Gasteiger partial charge in [-0.2, -0.15) is 0 Å². The fraction of sp³-hybridized carbons (Fsp3) is 0.310. The first-order valence-corrected chi connectivity index (χ1v) is 14.9. The van der Waals surface area contributed by atoms with Crippen molar-refractivity contribution in [3.63, 3.8) is 0 Å². The third-order valence-corrected chi connectivity index (χ3v) is 8.67. The molecule has 0 unspecified atom stereocenters. The lowest BCUT2D eigenvalue weighted by atomic mass is 10.1. The first-order chi connectivity index (χ1) is 18.6. The Hall–Kier alpha value is -3.07. The van der Waals surface area contributed by atoms with Gasteiger partial charge in [-0.25, -0.2) is 8.42 Å². The average molecular weight is 591 g/mol. The highest BCUT2D eigenvalue weighted by Gasteiger charge is 2.33. The van der Waals surface area contributed by atoms with E-state index in [0.29, 0.717) is 16.5 Å². The quantitative estimate of drug-likeness (QED) is 0.284. The van der Waals surface area contributed by atoms with Crippen LogP contribution in [0.1, 0.15) is 39.2 Å². The first-order valence-electron chi connectivity index (χ1n) is 12.7. The van der Waals surface area contributed by atoms with Gasteiger partial charge in [0.05, 0.1) is 10.6 Å². The Morgan fingerprint density at radius 3 is 1.95 bits per heavy atom. The zero-order valence-electron chi connectivity index (χ0n) is 22.2. The average Bonchev–Trinajstić information content (AvgIpc) is 2.93. The van der Waals surface area contributed by atoms with Gasteiger partial charge < -0.3 is 10.2 Å². The molecule has 0 heterocycles. The standard InChI is InChI=1S/C29H33Cl2N3O4S/c1-4-21(3)32-29(36)27(5-2)33(19-22-11-13-23(30)14-12-22)28(35)20-34(25-17-15-24(31)16-18-25)39(37,38)26-9-7-6-8-10-26/h6-18,21,27H,4-5,19-20H2,1-3H3,(H,32,36)/t21-,27+/m1/s1. The summed E-state index contributed by atoms with van der Waals surface area (Å²) in [5.41, 5.74) is 1.03. The minimum Gasteiger partial charge on any atom is -0.352 e. The van der Waals surface area contributed by atoms with Gasteiger partial charge in [0.15, 0.2) is 0 Å². The van der Waals surface area contributed by atoms with Crippen LogP contribution in [-0.2, 0) is 26.2 Å². The Morgan fingerprint density at radius 2 is 1.41 bits per heavy atom. The van der Waals surface area contributed by atoms with Gasteiger partial charge in [0.1, 0.15) is 12.6 Å². The van der Waals surface area contributed by atoms with Gasteiger partial charge in [0.2, 0.25) is 11.8 Å². The van der Waals surface area contributed by atoms with Crippen LogP contribution in [0.5, 0.6) is 0 Å². The van der Waals surface area contributed by atoms with Crippen LogP contribution in [0.15, 0.2) is 83.8 Å². The number of nitrogens with zero attached hydrogens (tertiary/aromatic N) is 2. The molecule has 0 saturated heterocycles. The van der Waals surface area contributed by atoms with Crippen molar-refractivity contribution in [3.8, 4) is 0 Å². The molecule has 208 valence electrons. The number of hydrogen-bond acceptors (Lipinski definition) is 4. The predicted octanol–water partition coefficient (Wildman–Crippen LogP) is 5.91. The molecule has 3 aromatic carbocycles. The molecule has 3 rings (SSSR count). The van der Waals surface area contributed by atoms with Crippen molar-refractivity contribution in [2.75, 3.05) is 10.8 Å². The maximum absolute atomic E-state index is 14.0. The Kier molecular flexibility index (Phi) is 10.8. The molecule has 7 nitrogen and oxygen atoms in total. The van der Waals surface area contributed by atoms with E-state index < -0.39 is 28.5 Å². The normalized spacial score (nSPS) is 12.8. The molecule has 3 aromatic rings. The largest absolute Gasteiger partial charge is 0.352 e. The number of hydrogen-bond donors (Lipinski definition) is 1. The van der Waals surface area contributed by atoms with Crippen LogP contribution in [0.4, 0.5) is 5.69 Å². The van der Waals surface area contributed by atoms with E-state index in [2.05, 4.69) is 5.32 Å². The number of halogens is 2. The van der Waals surface area contributed by atoms with E-state index in [9.17, 15) is 18.0 Å². The summed E-state index contributed by atoms with van der Waals surface area (Å²) in [7, 11) is -4.12. The summed E-state index contributed by atoms with van der Waals surface area (Å²) < 4.78 is 28.6. The molecule has 10 heteroatoms. The van der Waals surface area contributed by atoms with Crippen LogP contribution in [0.25, 0.3) is 0 Å². The number of anilines is 1. The molecule has 0 aliphatic carbocycles. The summed E-state index contributed by atoms with van der Waals surface area (Å²) in [6, 6.07) is 20.2. The van der Waals surface area contributed by atoms with Crippen molar-refractivity contribution in [3.05, 3.63) is 94.5 Å². The van der Waals surface area contributed by atoms with Crippen LogP contribution in [0, 0.1) is 0 Å². The summed E-state index contributed by atoms with van der Waals surface area (Å²) in [4.78, 5) is 28.7. The summed E-state index contributed by atoms with van der Waals surface area (Å²) in [6.07, 6.45) is 1.07. The van der Waals surface area contributed by atoms with Gasteiger partial charge in [-0.3, -0.25) is 13.9 Å². The number of sulfonamides is 1. The number of amides is 2. The molecule has 0 fully saturated rings. The lowest BCUT2D eigenvalue weighted by Gasteiger charge is -2.33. The second kappa shape index (κ2) is 13.8. The third-order valence-electron chi connectivity index (χ3n) is 6.38. The van der Waals surface area contributed by atoms with E-state index in [1.165, 1.54) is 17.0 Å². The van der Waals surface area contributed by atoms with Gasteiger partial charge in [-0.1, -0.05) is 67.4 Å². The van der Waals surface area contributed by atoms with Crippen LogP contribution < -0.4 is 9.62 Å². The second-order valence-corrected chi connectivity index (χ2v) is 11.9. The van der Waals surface area contributed by atoms with Gasteiger partial charge in [-0.15, -0.1) is 0 Å². The zero-order valence-corrected chi connectivity index (χ0v) is 24.5. The summed E-state index contributed by atoms with van der Waals surface area (Å²) >= 11 is 12.1. The lowest BCUT2D eigenvalue weighted by Crippen LogP contribution is -2.53. The Bertz CT molecular complexity index is 1350. The molecule has 2 atom stereocenters. The highest BCUT2D eigenvalue weighted by atomic mass is 35.5. The number of nitrogens with one attached hydrogen (secondary N) is 1. The Balaban J connectivity index is 2.03. The van der Waals surface area contributed by atoms with E-state index in [0.717, 1.165) is 16.3 Å². The molecule has 0 aliphatic heterocycles. The lowest BCUT2D eigenvalue weighted by molar-refractivity contribution is -0.140. The van der Waals surface area contributed by atoms with Crippen LogP contribution in [0.2, 0.25) is 10.0 Å². The van der Waals surface area contributed by atoms with E-state index in [4.69, 9.17) is 23.2 Å². The van der Waals surface area contributed by atoms with Crippen LogP contribution in [-0.4, -0.2) is 43.8 Å². The van der Waals surface area contributed by atoms with Crippen molar-refractivity contribution in [2.24, 2.45) is 0 Å².